The second-order valence-corrected chi connectivity index (χ2v) is 6.41. The number of hydrogen-bond acceptors (Lipinski definition) is 3. The van der Waals surface area contributed by atoms with Gasteiger partial charge in [0.2, 0.25) is 0 Å². The number of fused-ring (bicyclic) bond motifs is 1. The zero-order chi connectivity index (χ0) is 19.3. The summed E-state index contributed by atoms with van der Waals surface area (Å²) in [5, 5.41) is 1.06. The number of methoxy groups -OCH3 is 1. The second-order valence-electron chi connectivity index (χ2n) is 6.41. The van der Waals surface area contributed by atoms with Crippen LogP contribution in [0.2, 0.25) is 0 Å². The van der Waals surface area contributed by atoms with Crippen LogP contribution in [0.1, 0.15) is 16.1 Å². The average molecular weight is 365 g/mol. The van der Waals surface area contributed by atoms with Gasteiger partial charge >= 0.3 is 0 Å². The fourth-order valence-electron chi connectivity index (χ4n) is 3.11. The number of nitrogens with zero attached hydrogens (tertiary/aromatic N) is 1. The molecule has 0 spiro atoms. The van der Waals surface area contributed by atoms with E-state index in [2.05, 4.69) is 6.07 Å². The normalized spacial score (nSPS) is 11.0. The lowest BCUT2D eigenvalue weighted by molar-refractivity contribution is 0.104. The van der Waals surface area contributed by atoms with Crippen LogP contribution in [0, 0.1) is 0 Å². The summed E-state index contributed by atoms with van der Waals surface area (Å²) in [7, 11) is 1.65. The first-order chi connectivity index (χ1) is 13.7. The van der Waals surface area contributed by atoms with E-state index in [1.165, 1.54) is 0 Å². The van der Waals surface area contributed by atoms with Crippen molar-refractivity contribution in [2.45, 2.75) is 0 Å². The molecular formula is C25H19NO2. The van der Waals surface area contributed by atoms with Gasteiger partial charge in [-0.2, -0.15) is 0 Å². The Hall–Kier alpha value is -3.72. The zero-order valence-corrected chi connectivity index (χ0v) is 15.5. The van der Waals surface area contributed by atoms with E-state index in [4.69, 9.17) is 9.72 Å². The maximum atomic E-state index is 12.5. The molecule has 3 nitrogen and oxygen atoms in total. The van der Waals surface area contributed by atoms with E-state index in [0.29, 0.717) is 5.56 Å². The summed E-state index contributed by atoms with van der Waals surface area (Å²) >= 11 is 0. The van der Waals surface area contributed by atoms with Crippen LogP contribution in [0.5, 0.6) is 5.75 Å². The quantitative estimate of drug-likeness (QED) is 0.331. The summed E-state index contributed by atoms with van der Waals surface area (Å²) in [6.45, 7) is 0. The molecule has 0 aliphatic rings. The molecule has 0 bridgehead atoms. The van der Waals surface area contributed by atoms with Crippen molar-refractivity contribution in [2.75, 3.05) is 7.11 Å². The third-order valence-corrected chi connectivity index (χ3v) is 4.61. The molecule has 1 aromatic heterocycles. The first-order valence-corrected chi connectivity index (χ1v) is 9.06. The Balaban J connectivity index is 1.78. The highest BCUT2D eigenvalue weighted by molar-refractivity contribution is 6.07. The van der Waals surface area contributed by atoms with Crippen LogP contribution >= 0.6 is 0 Å². The number of ether oxygens (including phenoxy) is 1. The molecule has 1 heterocycles. The number of aromatic nitrogens is 1. The molecule has 3 heteroatoms. The lowest BCUT2D eigenvalue weighted by atomic mass is 10.0. The third-order valence-electron chi connectivity index (χ3n) is 4.61. The number of carbonyl (C=O) groups excluding carboxylic acids is 1. The Morgan fingerprint density at radius 2 is 1.61 bits per heavy atom. The van der Waals surface area contributed by atoms with Crippen LogP contribution in [0.4, 0.5) is 0 Å². The van der Waals surface area contributed by atoms with Gasteiger partial charge in [0.15, 0.2) is 5.78 Å². The van der Waals surface area contributed by atoms with Gasteiger partial charge in [0.05, 0.1) is 18.3 Å². The van der Waals surface area contributed by atoms with Gasteiger partial charge in [0.1, 0.15) is 5.75 Å². The van der Waals surface area contributed by atoms with E-state index in [0.717, 1.165) is 33.5 Å². The minimum absolute atomic E-state index is 0.0451. The van der Waals surface area contributed by atoms with Crippen molar-refractivity contribution in [3.63, 3.8) is 0 Å². The van der Waals surface area contributed by atoms with E-state index in [1.54, 1.807) is 19.3 Å². The van der Waals surface area contributed by atoms with Crippen LogP contribution in [0.15, 0.2) is 91.0 Å². The number of hydrogen-bond donors (Lipinski definition) is 0. The van der Waals surface area contributed by atoms with E-state index in [1.807, 2.05) is 78.9 Å². The van der Waals surface area contributed by atoms with Gasteiger partial charge in [0, 0.05) is 16.5 Å². The first kappa shape index (κ1) is 17.7. The van der Waals surface area contributed by atoms with Gasteiger partial charge in [-0.25, -0.2) is 4.98 Å². The van der Waals surface area contributed by atoms with Gasteiger partial charge < -0.3 is 4.74 Å². The number of benzene rings is 3. The van der Waals surface area contributed by atoms with E-state index in [9.17, 15) is 4.79 Å². The summed E-state index contributed by atoms with van der Waals surface area (Å²) in [5.74, 6) is 0.755. The molecule has 28 heavy (non-hydrogen) atoms. The molecule has 0 saturated heterocycles. The molecule has 4 rings (SSSR count). The molecular weight excluding hydrogens is 346 g/mol. The van der Waals surface area contributed by atoms with Crippen molar-refractivity contribution < 1.29 is 9.53 Å². The Labute approximate surface area is 163 Å². The summed E-state index contributed by atoms with van der Waals surface area (Å²) in [4.78, 5) is 17.3. The Morgan fingerprint density at radius 3 is 2.36 bits per heavy atom. The smallest absolute Gasteiger partial charge is 0.185 e. The maximum Gasteiger partial charge on any atom is 0.185 e. The monoisotopic (exact) mass is 365 g/mol. The predicted molar refractivity (Wildman–Crippen MR) is 114 cm³/mol. The fraction of sp³-hybridized carbons (Fsp3) is 0.0400. The molecule has 0 atom stereocenters. The van der Waals surface area contributed by atoms with Gasteiger partial charge in [0.25, 0.3) is 0 Å². The number of allylic oxidation sites excluding steroid dienone is 1. The number of carbonyl (C=O) groups is 1. The van der Waals surface area contributed by atoms with Crippen molar-refractivity contribution >= 4 is 22.8 Å². The Kier molecular flexibility index (Phi) is 4.98. The minimum Gasteiger partial charge on any atom is -0.497 e. The number of ketones is 1. The highest BCUT2D eigenvalue weighted by Crippen LogP contribution is 2.29. The molecule has 4 aromatic rings. The van der Waals surface area contributed by atoms with Crippen LogP contribution in [0.25, 0.3) is 28.1 Å². The molecule has 0 fully saturated rings. The maximum absolute atomic E-state index is 12.5. The topological polar surface area (TPSA) is 39.2 Å². The molecule has 0 unspecified atom stereocenters. The highest BCUT2D eigenvalue weighted by atomic mass is 16.5. The van der Waals surface area contributed by atoms with Crippen molar-refractivity contribution in [3.8, 4) is 16.9 Å². The first-order valence-electron chi connectivity index (χ1n) is 9.06. The number of rotatable bonds is 5. The summed E-state index contributed by atoms with van der Waals surface area (Å²) in [5.41, 5.74) is 4.30. The Morgan fingerprint density at radius 1 is 0.893 bits per heavy atom. The van der Waals surface area contributed by atoms with Crippen molar-refractivity contribution in [2.24, 2.45) is 0 Å². The lowest BCUT2D eigenvalue weighted by Gasteiger charge is -2.09. The van der Waals surface area contributed by atoms with Crippen LogP contribution in [-0.2, 0) is 0 Å². The van der Waals surface area contributed by atoms with Crippen molar-refractivity contribution in [1.29, 1.82) is 0 Å². The van der Waals surface area contributed by atoms with E-state index < -0.39 is 0 Å². The largest absolute Gasteiger partial charge is 0.497 e. The molecule has 0 aliphatic carbocycles. The van der Waals surface area contributed by atoms with Gasteiger partial charge in [-0.1, -0.05) is 60.7 Å². The number of pyridine rings is 1. The molecule has 3 aromatic carbocycles. The van der Waals surface area contributed by atoms with Gasteiger partial charge in [-0.05, 0) is 42.0 Å². The summed E-state index contributed by atoms with van der Waals surface area (Å²) in [6, 6.07) is 27.2. The van der Waals surface area contributed by atoms with Crippen LogP contribution in [-0.4, -0.2) is 17.9 Å². The lowest BCUT2D eigenvalue weighted by Crippen LogP contribution is -1.95. The molecule has 0 aliphatic heterocycles. The molecule has 136 valence electrons. The minimum atomic E-state index is -0.0451. The molecule has 0 amide bonds. The number of para-hydroxylation sites is 1. The van der Waals surface area contributed by atoms with Gasteiger partial charge in [-0.3, -0.25) is 4.79 Å². The summed E-state index contributed by atoms with van der Waals surface area (Å²) in [6.07, 6.45) is 3.38. The molecule has 0 radical (unpaired) electrons. The molecule has 0 saturated carbocycles. The Bertz CT molecular complexity index is 1150. The van der Waals surface area contributed by atoms with E-state index >= 15 is 0 Å². The highest BCUT2D eigenvalue weighted by Gasteiger charge is 2.09. The zero-order valence-electron chi connectivity index (χ0n) is 15.5. The predicted octanol–water partition coefficient (Wildman–Crippen LogP) is 5.81. The van der Waals surface area contributed by atoms with Gasteiger partial charge in [-0.15, -0.1) is 0 Å². The van der Waals surface area contributed by atoms with Crippen LogP contribution < -0.4 is 4.74 Å². The molecule has 0 N–H and O–H groups in total. The van der Waals surface area contributed by atoms with Crippen molar-refractivity contribution in [3.05, 3.63) is 102 Å². The standard InChI is InChI=1S/C25H19NO2/c1-28-21-13-11-18(12-14-21)22-17-20-9-5-6-10-23(20)26-24(22)15-16-25(27)19-7-3-2-4-8-19/h2-17H,1H3/b16-15+. The van der Waals surface area contributed by atoms with Crippen LogP contribution in [0.3, 0.4) is 0 Å². The van der Waals surface area contributed by atoms with E-state index in [-0.39, 0.29) is 5.78 Å². The second kappa shape index (κ2) is 7.89. The average Bonchev–Trinajstić information content (AvgIpc) is 2.77. The SMILES string of the molecule is COc1ccc(-c2cc3ccccc3nc2/C=C/C(=O)c2ccccc2)cc1. The third kappa shape index (κ3) is 3.69. The summed E-state index contributed by atoms with van der Waals surface area (Å²) < 4.78 is 5.26. The van der Waals surface area contributed by atoms with Crippen molar-refractivity contribution in [1.82, 2.24) is 4.98 Å². The fourth-order valence-corrected chi connectivity index (χ4v) is 3.11.